The van der Waals surface area contributed by atoms with Gasteiger partial charge in [0.15, 0.2) is 0 Å². The highest BCUT2D eigenvalue weighted by molar-refractivity contribution is 9.10. The third kappa shape index (κ3) is 3.46. The molecule has 3 nitrogen and oxygen atoms in total. The minimum atomic E-state index is -0.482. The molecule has 19 heavy (non-hydrogen) atoms. The number of carbonyl (C=O) groups excluding carboxylic acids is 1. The maximum Gasteiger partial charge on any atom is 0.256 e. The lowest BCUT2D eigenvalue weighted by Gasteiger charge is -2.22. The van der Waals surface area contributed by atoms with Gasteiger partial charge in [-0.2, -0.15) is 0 Å². The van der Waals surface area contributed by atoms with E-state index >= 15 is 0 Å². The number of halogens is 3. The number of hydrogen-bond acceptors (Lipinski definition) is 2. The first-order valence-corrected chi connectivity index (χ1v) is 6.69. The van der Waals surface area contributed by atoms with E-state index in [0.717, 1.165) is 6.42 Å². The van der Waals surface area contributed by atoms with Gasteiger partial charge in [0.25, 0.3) is 5.91 Å². The zero-order chi connectivity index (χ0) is 13.3. The zero-order valence-electron chi connectivity index (χ0n) is 10.7. The summed E-state index contributed by atoms with van der Waals surface area (Å²) < 4.78 is 14.4. The quantitative estimate of drug-likeness (QED) is 0.890. The molecule has 1 fully saturated rings. The van der Waals surface area contributed by atoms with Gasteiger partial charge in [0.05, 0.1) is 5.56 Å². The number of rotatable bonds is 2. The van der Waals surface area contributed by atoms with Crippen LogP contribution in [0.5, 0.6) is 0 Å². The minimum absolute atomic E-state index is 0. The summed E-state index contributed by atoms with van der Waals surface area (Å²) in [6, 6.07) is 4.41. The molecule has 1 saturated heterocycles. The summed E-state index contributed by atoms with van der Waals surface area (Å²) in [7, 11) is 0. The molecular formula is C13H17BrClFN2O. The maximum absolute atomic E-state index is 13.7. The van der Waals surface area contributed by atoms with Crippen LogP contribution in [0.4, 0.5) is 4.39 Å². The Morgan fingerprint density at radius 1 is 1.58 bits per heavy atom. The van der Waals surface area contributed by atoms with E-state index in [2.05, 4.69) is 22.9 Å². The van der Waals surface area contributed by atoms with Crippen molar-refractivity contribution in [3.63, 3.8) is 0 Å². The third-order valence-corrected chi connectivity index (χ3v) is 3.99. The van der Waals surface area contributed by atoms with Gasteiger partial charge in [-0.15, -0.1) is 12.4 Å². The Bertz CT molecular complexity index is 486. The highest BCUT2D eigenvalue weighted by Crippen LogP contribution is 2.30. The molecule has 1 aromatic carbocycles. The van der Waals surface area contributed by atoms with Gasteiger partial charge in [0, 0.05) is 17.6 Å². The molecule has 0 saturated carbocycles. The zero-order valence-corrected chi connectivity index (χ0v) is 13.1. The molecule has 0 radical (unpaired) electrons. The SMILES string of the molecule is CC1(CN)CCN(C(=O)c2cc(Br)ccc2F)C1.Cl. The largest absolute Gasteiger partial charge is 0.338 e. The molecule has 0 bridgehead atoms. The van der Waals surface area contributed by atoms with Crippen LogP contribution in [0.25, 0.3) is 0 Å². The van der Waals surface area contributed by atoms with Crippen molar-refractivity contribution in [3.8, 4) is 0 Å². The van der Waals surface area contributed by atoms with Crippen LogP contribution in [0, 0.1) is 11.2 Å². The fourth-order valence-corrected chi connectivity index (χ4v) is 2.56. The van der Waals surface area contributed by atoms with Gasteiger partial charge in [0.2, 0.25) is 0 Å². The van der Waals surface area contributed by atoms with Gasteiger partial charge in [-0.3, -0.25) is 4.79 Å². The molecule has 0 spiro atoms. The monoisotopic (exact) mass is 350 g/mol. The summed E-state index contributed by atoms with van der Waals surface area (Å²) in [4.78, 5) is 13.9. The molecule has 0 aromatic heterocycles. The fourth-order valence-electron chi connectivity index (χ4n) is 2.20. The molecule has 1 aromatic rings. The molecule has 2 rings (SSSR count). The number of amides is 1. The summed E-state index contributed by atoms with van der Waals surface area (Å²) in [6.45, 7) is 3.82. The van der Waals surface area contributed by atoms with Crippen molar-refractivity contribution in [2.75, 3.05) is 19.6 Å². The third-order valence-electron chi connectivity index (χ3n) is 3.50. The Morgan fingerprint density at radius 3 is 2.84 bits per heavy atom. The smallest absolute Gasteiger partial charge is 0.256 e. The predicted octanol–water partition coefficient (Wildman–Crippen LogP) is 2.82. The summed E-state index contributed by atoms with van der Waals surface area (Å²) >= 11 is 3.25. The van der Waals surface area contributed by atoms with Gasteiger partial charge in [-0.1, -0.05) is 22.9 Å². The summed E-state index contributed by atoms with van der Waals surface area (Å²) in [5.41, 5.74) is 5.78. The van der Waals surface area contributed by atoms with Gasteiger partial charge in [-0.05, 0) is 36.6 Å². The average molecular weight is 352 g/mol. The Morgan fingerprint density at radius 2 is 2.26 bits per heavy atom. The topological polar surface area (TPSA) is 46.3 Å². The second-order valence-electron chi connectivity index (χ2n) is 5.12. The van der Waals surface area contributed by atoms with Crippen LogP contribution in [-0.2, 0) is 0 Å². The molecule has 1 heterocycles. The van der Waals surface area contributed by atoms with E-state index in [0.29, 0.717) is 24.1 Å². The Hall–Kier alpha value is -0.650. The van der Waals surface area contributed by atoms with Gasteiger partial charge in [-0.25, -0.2) is 4.39 Å². The van der Waals surface area contributed by atoms with Crippen molar-refractivity contribution < 1.29 is 9.18 Å². The number of hydrogen-bond donors (Lipinski definition) is 1. The normalized spacial score (nSPS) is 22.2. The molecular weight excluding hydrogens is 335 g/mol. The maximum atomic E-state index is 13.7. The Labute approximate surface area is 126 Å². The molecule has 1 aliphatic rings. The van der Waals surface area contributed by atoms with E-state index in [-0.39, 0.29) is 29.3 Å². The van der Waals surface area contributed by atoms with Gasteiger partial charge in [0.1, 0.15) is 5.82 Å². The molecule has 0 aliphatic carbocycles. The first kappa shape index (κ1) is 16.4. The van der Waals surface area contributed by atoms with E-state index in [4.69, 9.17) is 5.73 Å². The Balaban J connectivity index is 0.00000180. The number of likely N-dealkylation sites (tertiary alicyclic amines) is 1. The van der Waals surface area contributed by atoms with Crippen LogP contribution < -0.4 is 5.73 Å². The predicted molar refractivity (Wildman–Crippen MR) is 79.0 cm³/mol. The lowest BCUT2D eigenvalue weighted by atomic mass is 9.90. The first-order valence-electron chi connectivity index (χ1n) is 5.90. The van der Waals surface area contributed by atoms with Crippen LogP contribution >= 0.6 is 28.3 Å². The van der Waals surface area contributed by atoms with Crippen molar-refractivity contribution in [2.45, 2.75) is 13.3 Å². The highest BCUT2D eigenvalue weighted by atomic mass is 79.9. The van der Waals surface area contributed by atoms with Crippen LogP contribution in [0.2, 0.25) is 0 Å². The lowest BCUT2D eigenvalue weighted by molar-refractivity contribution is 0.0772. The first-order chi connectivity index (χ1) is 8.45. The van der Waals surface area contributed by atoms with Crippen molar-refractivity contribution in [3.05, 3.63) is 34.1 Å². The van der Waals surface area contributed by atoms with Gasteiger partial charge >= 0.3 is 0 Å². The van der Waals surface area contributed by atoms with Crippen molar-refractivity contribution in [1.82, 2.24) is 4.90 Å². The Kier molecular flexibility index (Phi) is 5.35. The van der Waals surface area contributed by atoms with E-state index in [1.807, 2.05) is 0 Å². The average Bonchev–Trinajstić information content (AvgIpc) is 2.75. The van der Waals surface area contributed by atoms with Gasteiger partial charge < -0.3 is 10.6 Å². The standard InChI is InChI=1S/C13H16BrFN2O.ClH/c1-13(7-16)4-5-17(8-13)12(18)10-6-9(14)2-3-11(10)15;/h2-3,6H,4-5,7-8,16H2,1H3;1H. The molecule has 1 aliphatic heterocycles. The molecule has 1 amide bonds. The summed E-state index contributed by atoms with van der Waals surface area (Å²) in [6.07, 6.45) is 0.866. The highest BCUT2D eigenvalue weighted by Gasteiger charge is 2.35. The molecule has 106 valence electrons. The summed E-state index contributed by atoms with van der Waals surface area (Å²) in [5.74, 6) is -0.740. The second-order valence-corrected chi connectivity index (χ2v) is 6.03. The number of nitrogens with zero attached hydrogens (tertiary/aromatic N) is 1. The van der Waals surface area contributed by atoms with Crippen LogP contribution in [0.1, 0.15) is 23.7 Å². The number of benzene rings is 1. The number of nitrogens with two attached hydrogens (primary N) is 1. The molecule has 6 heteroatoms. The molecule has 1 atom stereocenters. The van der Waals surface area contributed by atoms with E-state index in [1.165, 1.54) is 12.1 Å². The van der Waals surface area contributed by atoms with E-state index in [1.54, 1.807) is 11.0 Å². The van der Waals surface area contributed by atoms with Crippen LogP contribution in [0.15, 0.2) is 22.7 Å². The van der Waals surface area contributed by atoms with E-state index < -0.39 is 5.82 Å². The van der Waals surface area contributed by atoms with Crippen LogP contribution in [-0.4, -0.2) is 30.4 Å². The van der Waals surface area contributed by atoms with Crippen molar-refractivity contribution in [1.29, 1.82) is 0 Å². The minimum Gasteiger partial charge on any atom is -0.338 e. The second kappa shape index (κ2) is 6.20. The van der Waals surface area contributed by atoms with Crippen molar-refractivity contribution in [2.24, 2.45) is 11.1 Å². The lowest BCUT2D eigenvalue weighted by Crippen LogP contribution is -2.34. The summed E-state index contributed by atoms with van der Waals surface area (Å²) in [5, 5.41) is 0. The van der Waals surface area contributed by atoms with E-state index in [9.17, 15) is 9.18 Å². The number of carbonyl (C=O) groups is 1. The van der Waals surface area contributed by atoms with Crippen LogP contribution in [0.3, 0.4) is 0 Å². The molecule has 1 unspecified atom stereocenters. The fraction of sp³-hybridized carbons (Fsp3) is 0.462. The van der Waals surface area contributed by atoms with Crippen molar-refractivity contribution >= 4 is 34.2 Å². The molecule has 2 N–H and O–H groups in total.